The van der Waals surface area contributed by atoms with Gasteiger partial charge < -0.3 is 9.47 Å². The summed E-state index contributed by atoms with van der Waals surface area (Å²) in [4.78, 5) is 15.2. The van der Waals surface area contributed by atoms with Crippen LogP contribution in [-0.4, -0.2) is 25.2 Å². The Kier molecular flexibility index (Phi) is 3.71. The van der Waals surface area contributed by atoms with Crippen LogP contribution in [0.2, 0.25) is 0 Å². The van der Waals surface area contributed by atoms with Gasteiger partial charge in [0, 0.05) is 12.1 Å². The van der Waals surface area contributed by atoms with Crippen molar-refractivity contribution in [3.63, 3.8) is 0 Å². The molecule has 0 aliphatic rings. The van der Waals surface area contributed by atoms with Crippen LogP contribution in [0, 0.1) is 0 Å². The Labute approximate surface area is 86.8 Å². The highest BCUT2D eigenvalue weighted by atomic mass is 35.5. The molecule has 0 radical (unpaired) electrons. The normalized spacial score (nSPS) is 9.64. The number of hydrogen-bond donors (Lipinski definition) is 0. The maximum absolute atomic E-state index is 11.2. The lowest BCUT2D eigenvalue weighted by atomic mass is 10.3. The molecule has 76 valence electrons. The maximum Gasteiger partial charge on any atom is 0.356 e. The van der Waals surface area contributed by atoms with E-state index in [2.05, 4.69) is 9.72 Å². The highest BCUT2D eigenvalue weighted by Gasteiger charge is 2.10. The van der Waals surface area contributed by atoms with Gasteiger partial charge in [-0.15, -0.1) is 11.6 Å². The second kappa shape index (κ2) is 4.81. The molecule has 0 spiro atoms. The fourth-order valence-electron chi connectivity index (χ4n) is 0.955. The third kappa shape index (κ3) is 2.35. The summed E-state index contributed by atoms with van der Waals surface area (Å²) in [6.07, 6.45) is 0. The molecule has 0 atom stereocenters. The number of nitrogens with zero attached hydrogens (tertiary/aromatic N) is 1. The summed E-state index contributed by atoms with van der Waals surface area (Å²) in [5.41, 5.74) is 0.772. The van der Waals surface area contributed by atoms with Crippen LogP contribution in [0.1, 0.15) is 16.2 Å². The van der Waals surface area contributed by atoms with Crippen molar-refractivity contribution < 1.29 is 14.3 Å². The average molecular weight is 216 g/mol. The van der Waals surface area contributed by atoms with Crippen molar-refractivity contribution in [2.45, 2.75) is 5.88 Å². The van der Waals surface area contributed by atoms with Crippen LogP contribution in [0.5, 0.6) is 5.75 Å². The summed E-state index contributed by atoms with van der Waals surface area (Å²) in [5, 5.41) is 0. The molecule has 1 rings (SSSR count). The third-order valence-corrected chi connectivity index (χ3v) is 1.89. The fraction of sp³-hybridized carbons (Fsp3) is 0.333. The fourth-order valence-corrected chi connectivity index (χ4v) is 1.09. The van der Waals surface area contributed by atoms with Crippen LogP contribution < -0.4 is 4.74 Å². The van der Waals surface area contributed by atoms with Crippen molar-refractivity contribution in [1.29, 1.82) is 0 Å². The first kappa shape index (κ1) is 10.8. The molecule has 0 saturated carbocycles. The molecule has 0 unspecified atom stereocenters. The van der Waals surface area contributed by atoms with E-state index in [1.165, 1.54) is 20.3 Å². The molecule has 0 bridgehead atoms. The first-order chi connectivity index (χ1) is 6.71. The van der Waals surface area contributed by atoms with Crippen LogP contribution >= 0.6 is 11.6 Å². The average Bonchev–Trinajstić information content (AvgIpc) is 2.27. The predicted octanol–water partition coefficient (Wildman–Crippen LogP) is 1.62. The molecule has 0 amide bonds. The number of carbonyl (C=O) groups is 1. The van der Waals surface area contributed by atoms with Gasteiger partial charge >= 0.3 is 5.97 Å². The van der Waals surface area contributed by atoms with Gasteiger partial charge in [0.1, 0.15) is 5.75 Å². The minimum Gasteiger partial charge on any atom is -0.497 e. The van der Waals surface area contributed by atoms with Gasteiger partial charge in [0.2, 0.25) is 0 Å². The molecule has 14 heavy (non-hydrogen) atoms. The molecular weight excluding hydrogens is 206 g/mol. The Balaban J connectivity index is 3.10. The minimum absolute atomic E-state index is 0.197. The largest absolute Gasteiger partial charge is 0.497 e. The van der Waals surface area contributed by atoms with E-state index >= 15 is 0 Å². The Morgan fingerprint density at radius 3 is 2.71 bits per heavy atom. The highest BCUT2D eigenvalue weighted by molar-refractivity contribution is 6.16. The van der Waals surface area contributed by atoms with E-state index in [9.17, 15) is 4.79 Å². The summed E-state index contributed by atoms with van der Waals surface area (Å²) >= 11 is 5.61. The zero-order valence-corrected chi connectivity index (χ0v) is 8.67. The molecule has 0 aliphatic carbocycles. The summed E-state index contributed by atoms with van der Waals surface area (Å²) in [6.45, 7) is 0. The second-order valence-electron chi connectivity index (χ2n) is 2.51. The summed E-state index contributed by atoms with van der Waals surface area (Å²) in [5.74, 6) is 0.257. The van der Waals surface area contributed by atoms with Crippen LogP contribution in [0.3, 0.4) is 0 Å². The van der Waals surface area contributed by atoms with Crippen molar-refractivity contribution >= 4 is 17.6 Å². The number of esters is 1. The summed E-state index contributed by atoms with van der Waals surface area (Å²) in [7, 11) is 2.80. The number of halogens is 1. The summed E-state index contributed by atoms with van der Waals surface area (Å²) < 4.78 is 9.52. The van der Waals surface area contributed by atoms with E-state index in [0.29, 0.717) is 11.4 Å². The van der Waals surface area contributed by atoms with E-state index < -0.39 is 5.97 Å². The number of hydrogen-bond acceptors (Lipinski definition) is 4. The number of aromatic nitrogens is 1. The smallest absolute Gasteiger partial charge is 0.356 e. The molecule has 0 saturated heterocycles. The number of ether oxygens (including phenoxy) is 2. The highest BCUT2D eigenvalue weighted by Crippen LogP contribution is 2.15. The number of alkyl halides is 1. The molecule has 4 nitrogen and oxygen atoms in total. The number of rotatable bonds is 3. The van der Waals surface area contributed by atoms with Gasteiger partial charge in [0.05, 0.1) is 25.8 Å². The van der Waals surface area contributed by atoms with Crippen LogP contribution in [0.4, 0.5) is 0 Å². The van der Waals surface area contributed by atoms with E-state index in [-0.39, 0.29) is 11.6 Å². The van der Waals surface area contributed by atoms with Gasteiger partial charge in [-0.2, -0.15) is 0 Å². The molecule has 1 aromatic rings. The van der Waals surface area contributed by atoms with E-state index in [0.717, 1.165) is 0 Å². The van der Waals surface area contributed by atoms with Crippen LogP contribution in [0.25, 0.3) is 0 Å². The zero-order valence-electron chi connectivity index (χ0n) is 7.91. The lowest BCUT2D eigenvalue weighted by molar-refractivity contribution is 0.0593. The standard InChI is InChI=1S/C9H10ClNO3/c1-13-7-3-6(5-10)11-8(4-7)9(12)14-2/h3-4H,5H2,1-2H3. The number of pyridine rings is 1. The zero-order chi connectivity index (χ0) is 10.6. The number of methoxy groups -OCH3 is 2. The molecular formula is C9H10ClNO3. The second-order valence-corrected chi connectivity index (χ2v) is 2.78. The quantitative estimate of drug-likeness (QED) is 0.568. The lowest BCUT2D eigenvalue weighted by Gasteiger charge is -2.04. The first-order valence-corrected chi connectivity index (χ1v) is 4.44. The van der Waals surface area contributed by atoms with Gasteiger partial charge in [-0.05, 0) is 0 Å². The molecule has 1 aromatic heterocycles. The number of carbonyl (C=O) groups excluding carboxylic acids is 1. The van der Waals surface area contributed by atoms with Crippen molar-refractivity contribution in [1.82, 2.24) is 4.98 Å². The van der Waals surface area contributed by atoms with Crippen LogP contribution in [0.15, 0.2) is 12.1 Å². The monoisotopic (exact) mass is 215 g/mol. The van der Waals surface area contributed by atoms with Gasteiger partial charge in [-0.1, -0.05) is 0 Å². The SMILES string of the molecule is COC(=O)c1cc(OC)cc(CCl)n1. The Morgan fingerprint density at radius 1 is 1.50 bits per heavy atom. The predicted molar refractivity (Wildman–Crippen MR) is 51.7 cm³/mol. The molecule has 0 N–H and O–H groups in total. The van der Waals surface area contributed by atoms with Gasteiger partial charge in [-0.3, -0.25) is 0 Å². The van der Waals surface area contributed by atoms with Crippen molar-refractivity contribution in [2.24, 2.45) is 0 Å². The van der Waals surface area contributed by atoms with Crippen LogP contribution in [-0.2, 0) is 10.6 Å². The van der Waals surface area contributed by atoms with Crippen molar-refractivity contribution in [2.75, 3.05) is 14.2 Å². The van der Waals surface area contributed by atoms with E-state index in [4.69, 9.17) is 16.3 Å². The first-order valence-electron chi connectivity index (χ1n) is 3.90. The Morgan fingerprint density at radius 2 is 2.21 bits per heavy atom. The maximum atomic E-state index is 11.2. The Hall–Kier alpha value is -1.29. The van der Waals surface area contributed by atoms with Crippen molar-refractivity contribution in [3.8, 4) is 5.75 Å². The van der Waals surface area contributed by atoms with Gasteiger partial charge in [-0.25, -0.2) is 9.78 Å². The molecule has 1 heterocycles. The molecule has 5 heteroatoms. The van der Waals surface area contributed by atoms with E-state index in [1.54, 1.807) is 6.07 Å². The lowest BCUT2D eigenvalue weighted by Crippen LogP contribution is -2.06. The molecule has 0 aromatic carbocycles. The minimum atomic E-state index is -0.504. The third-order valence-electron chi connectivity index (χ3n) is 1.62. The molecule has 0 fully saturated rings. The molecule has 0 aliphatic heterocycles. The summed E-state index contributed by atoms with van der Waals surface area (Å²) in [6, 6.07) is 3.17. The van der Waals surface area contributed by atoms with Crippen molar-refractivity contribution in [3.05, 3.63) is 23.5 Å². The van der Waals surface area contributed by atoms with Gasteiger partial charge in [0.25, 0.3) is 0 Å². The van der Waals surface area contributed by atoms with E-state index in [1.807, 2.05) is 0 Å². The van der Waals surface area contributed by atoms with Gasteiger partial charge in [0.15, 0.2) is 5.69 Å². The Bertz CT molecular complexity index is 319. The topological polar surface area (TPSA) is 48.4 Å².